The highest BCUT2D eigenvalue weighted by Crippen LogP contribution is 2.35. The first kappa shape index (κ1) is 30.4. The number of benzene rings is 1. The lowest BCUT2D eigenvalue weighted by atomic mass is 10.1. The second-order valence-corrected chi connectivity index (χ2v) is 10.9. The molecular formula is C27H32FNO6S3. The number of ether oxygens (including phenoxy) is 5. The van der Waals surface area contributed by atoms with E-state index in [9.17, 15) is 9.18 Å². The van der Waals surface area contributed by atoms with Crippen molar-refractivity contribution in [3.8, 4) is 17.0 Å². The van der Waals surface area contributed by atoms with Crippen molar-refractivity contribution in [3.05, 3.63) is 46.0 Å². The van der Waals surface area contributed by atoms with E-state index in [0.29, 0.717) is 56.0 Å². The topological polar surface area (TPSA) is 76.1 Å². The lowest BCUT2D eigenvalue weighted by Gasteiger charge is -2.10. The summed E-state index contributed by atoms with van der Waals surface area (Å²) in [6, 6.07) is 10.4. The van der Waals surface area contributed by atoms with E-state index in [1.807, 2.05) is 18.4 Å². The van der Waals surface area contributed by atoms with Crippen molar-refractivity contribution < 1.29 is 32.9 Å². The van der Waals surface area contributed by atoms with Gasteiger partial charge in [-0.25, -0.2) is 9.37 Å². The molecule has 206 valence electrons. The smallest absolute Gasteiger partial charge is 0.308 e. The Kier molecular flexibility index (Phi) is 12.9. The molecule has 0 N–H and O–H groups in total. The van der Waals surface area contributed by atoms with Crippen LogP contribution in [-0.4, -0.2) is 70.1 Å². The van der Waals surface area contributed by atoms with E-state index in [-0.39, 0.29) is 24.3 Å². The van der Waals surface area contributed by atoms with Gasteiger partial charge in [-0.1, -0.05) is 26.1 Å². The van der Waals surface area contributed by atoms with E-state index in [2.05, 4.69) is 4.98 Å². The summed E-state index contributed by atoms with van der Waals surface area (Å²) in [5.41, 5.74) is 1.62. The number of rotatable bonds is 16. The molecule has 0 bridgehead atoms. The Labute approximate surface area is 235 Å². The average Bonchev–Trinajstić information content (AvgIpc) is 2.90. The molecule has 0 aliphatic rings. The Morgan fingerprint density at radius 1 is 0.947 bits per heavy atom. The molecule has 0 saturated carbocycles. The number of hydrogen-bond acceptors (Lipinski definition) is 10. The zero-order chi connectivity index (χ0) is 27.3. The summed E-state index contributed by atoms with van der Waals surface area (Å²) in [6.07, 6.45) is 1.96. The second-order valence-electron chi connectivity index (χ2n) is 8.34. The Morgan fingerprint density at radius 3 is 2.26 bits per heavy atom. The average molecular weight is 582 g/mol. The largest absolute Gasteiger partial charge is 0.475 e. The second kappa shape index (κ2) is 16.1. The zero-order valence-corrected chi connectivity index (χ0v) is 24.1. The number of fused-ring (bicyclic) bond motifs is 1. The molecule has 0 atom stereocenters. The van der Waals surface area contributed by atoms with E-state index in [1.165, 1.54) is 23.5 Å². The Balaban J connectivity index is 1.35. The summed E-state index contributed by atoms with van der Waals surface area (Å²) < 4.78 is 41.6. The SMILES string of the molecule is CSc1ccc(F)cc1-c1cc2ccc(OCCOCCOCCOCCOC(=O)C(C)C)nc2sc1=S. The molecule has 2 aromatic heterocycles. The lowest BCUT2D eigenvalue weighted by molar-refractivity contribution is -0.149. The molecule has 0 unspecified atom stereocenters. The summed E-state index contributed by atoms with van der Waals surface area (Å²) in [5.74, 6) is -0.165. The van der Waals surface area contributed by atoms with Crippen LogP contribution in [0.25, 0.3) is 21.3 Å². The van der Waals surface area contributed by atoms with Gasteiger partial charge in [-0.2, -0.15) is 0 Å². The summed E-state index contributed by atoms with van der Waals surface area (Å²) in [7, 11) is 0. The van der Waals surface area contributed by atoms with E-state index >= 15 is 0 Å². The molecule has 2 heterocycles. The molecule has 0 saturated heterocycles. The highest BCUT2D eigenvalue weighted by atomic mass is 32.2. The van der Waals surface area contributed by atoms with E-state index in [4.69, 9.17) is 35.9 Å². The monoisotopic (exact) mass is 581 g/mol. The Bertz CT molecular complexity index is 1250. The minimum atomic E-state index is -0.292. The number of carbonyl (C=O) groups is 1. The van der Waals surface area contributed by atoms with E-state index in [0.717, 1.165) is 26.2 Å². The van der Waals surface area contributed by atoms with Crippen LogP contribution < -0.4 is 4.74 Å². The summed E-state index contributed by atoms with van der Waals surface area (Å²) in [6.45, 7) is 6.64. The Hall–Kier alpha value is -2.15. The third kappa shape index (κ3) is 9.55. The molecule has 7 nitrogen and oxygen atoms in total. The molecule has 0 fully saturated rings. The normalized spacial score (nSPS) is 11.3. The first-order chi connectivity index (χ1) is 18.4. The first-order valence-electron chi connectivity index (χ1n) is 12.2. The Morgan fingerprint density at radius 2 is 1.61 bits per heavy atom. The highest BCUT2D eigenvalue weighted by Gasteiger charge is 2.11. The number of hydrogen-bond donors (Lipinski definition) is 0. The van der Waals surface area contributed by atoms with Gasteiger partial charge < -0.3 is 23.7 Å². The van der Waals surface area contributed by atoms with Crippen molar-refractivity contribution in [1.82, 2.24) is 4.98 Å². The number of nitrogens with zero attached hydrogens (tertiary/aromatic N) is 1. The minimum absolute atomic E-state index is 0.135. The first-order valence-corrected chi connectivity index (χ1v) is 14.7. The quantitative estimate of drug-likeness (QED) is 0.0853. The number of aromatic nitrogens is 1. The van der Waals surface area contributed by atoms with Gasteiger partial charge in [0, 0.05) is 27.5 Å². The predicted molar refractivity (Wildman–Crippen MR) is 151 cm³/mol. The van der Waals surface area contributed by atoms with Crippen LogP contribution in [0, 0.1) is 15.6 Å². The fourth-order valence-electron chi connectivity index (χ4n) is 3.26. The molecular weight excluding hydrogens is 549 g/mol. The third-order valence-corrected chi connectivity index (χ3v) is 7.38. The van der Waals surface area contributed by atoms with Crippen molar-refractivity contribution in [2.75, 3.05) is 59.1 Å². The maximum absolute atomic E-state index is 13.9. The van der Waals surface area contributed by atoms with Crippen LogP contribution in [0.3, 0.4) is 0 Å². The fourth-order valence-corrected chi connectivity index (χ4v) is 5.09. The van der Waals surface area contributed by atoms with Crippen molar-refractivity contribution in [2.45, 2.75) is 18.7 Å². The number of pyridine rings is 1. The van der Waals surface area contributed by atoms with Crippen molar-refractivity contribution >= 4 is 51.5 Å². The number of thioether (sulfide) groups is 1. The van der Waals surface area contributed by atoms with Crippen LogP contribution in [0.2, 0.25) is 0 Å². The molecule has 0 radical (unpaired) electrons. The van der Waals surface area contributed by atoms with Gasteiger partial charge >= 0.3 is 5.97 Å². The molecule has 38 heavy (non-hydrogen) atoms. The summed E-state index contributed by atoms with van der Waals surface area (Å²) >= 11 is 8.55. The van der Waals surface area contributed by atoms with Crippen molar-refractivity contribution in [1.29, 1.82) is 0 Å². The third-order valence-electron chi connectivity index (χ3n) is 5.19. The highest BCUT2D eigenvalue weighted by molar-refractivity contribution is 7.98. The van der Waals surface area contributed by atoms with E-state index in [1.54, 1.807) is 37.7 Å². The molecule has 3 aromatic rings. The zero-order valence-electron chi connectivity index (χ0n) is 21.7. The molecule has 3 rings (SSSR count). The fraction of sp³-hybridized carbons (Fsp3) is 0.444. The number of halogens is 1. The summed E-state index contributed by atoms with van der Waals surface area (Å²) in [4.78, 5) is 17.6. The number of esters is 1. The van der Waals surface area contributed by atoms with Gasteiger partial charge in [0.15, 0.2) is 0 Å². The molecule has 1 aromatic carbocycles. The van der Waals surface area contributed by atoms with Gasteiger partial charge in [0.2, 0.25) is 5.88 Å². The van der Waals surface area contributed by atoms with Gasteiger partial charge in [-0.3, -0.25) is 4.79 Å². The van der Waals surface area contributed by atoms with Crippen LogP contribution in [0.15, 0.2) is 41.3 Å². The minimum Gasteiger partial charge on any atom is -0.475 e. The molecule has 0 amide bonds. The van der Waals surface area contributed by atoms with Crippen molar-refractivity contribution in [3.63, 3.8) is 0 Å². The maximum atomic E-state index is 13.9. The van der Waals surface area contributed by atoms with Gasteiger partial charge in [0.25, 0.3) is 0 Å². The molecule has 11 heteroatoms. The van der Waals surface area contributed by atoms with Crippen LogP contribution in [0.4, 0.5) is 4.39 Å². The van der Waals surface area contributed by atoms with Crippen molar-refractivity contribution in [2.24, 2.45) is 5.92 Å². The maximum Gasteiger partial charge on any atom is 0.308 e. The van der Waals surface area contributed by atoms with Gasteiger partial charge in [0.05, 0.1) is 49.4 Å². The summed E-state index contributed by atoms with van der Waals surface area (Å²) in [5, 5.41) is 0.913. The predicted octanol–water partition coefficient (Wildman–Crippen LogP) is 6.18. The van der Waals surface area contributed by atoms with Gasteiger partial charge in [0.1, 0.15) is 23.9 Å². The van der Waals surface area contributed by atoms with Crippen LogP contribution in [0.1, 0.15) is 13.8 Å². The van der Waals surface area contributed by atoms with E-state index < -0.39 is 0 Å². The van der Waals surface area contributed by atoms with Crippen LogP contribution in [0.5, 0.6) is 5.88 Å². The molecule has 0 aliphatic heterocycles. The lowest BCUT2D eigenvalue weighted by Crippen LogP contribution is -2.17. The van der Waals surface area contributed by atoms with Gasteiger partial charge in [-0.15, -0.1) is 23.1 Å². The van der Waals surface area contributed by atoms with Gasteiger partial charge in [-0.05, 0) is 36.6 Å². The molecule has 0 aliphatic carbocycles. The standard InChI is InChI=1S/C27H32FNO6S3/c1-18(2)26(30)35-15-13-33-11-9-31-8-10-32-12-14-34-24-7-4-19-16-22(27(36)38-25(19)29-24)21-17-20(28)5-6-23(21)37-3/h4-7,16-18H,8-15H2,1-3H3. The van der Waals surface area contributed by atoms with Crippen LogP contribution in [-0.2, 0) is 23.7 Å². The molecule has 0 spiro atoms. The number of carbonyl (C=O) groups excluding carboxylic acids is 1. The van der Waals surface area contributed by atoms with Crippen LogP contribution >= 0.6 is 35.3 Å².